The van der Waals surface area contributed by atoms with Gasteiger partial charge in [-0.15, -0.1) is 6.42 Å². The molecule has 0 aliphatic carbocycles. The number of amides is 1. The van der Waals surface area contributed by atoms with Gasteiger partial charge in [0.25, 0.3) is 0 Å². The summed E-state index contributed by atoms with van der Waals surface area (Å²) in [6, 6.07) is -0.168. The molecule has 0 rings (SSSR count). The zero-order chi connectivity index (χ0) is 9.72. The summed E-state index contributed by atoms with van der Waals surface area (Å²) in [4.78, 5) is 11.3. The number of terminal acetylenes is 1. The Morgan fingerprint density at radius 3 is 2.17 bits per heavy atom. The molecule has 0 aliphatic rings. The highest BCUT2D eigenvalue weighted by atomic mass is 16.1. The van der Waals surface area contributed by atoms with E-state index >= 15 is 0 Å². The van der Waals surface area contributed by atoms with Crippen molar-refractivity contribution in [3.63, 3.8) is 0 Å². The van der Waals surface area contributed by atoms with Gasteiger partial charge < -0.3 is 5.32 Å². The SMILES string of the molecule is C#CC(C)NC(=O)C(C)C(C)C. The van der Waals surface area contributed by atoms with E-state index in [4.69, 9.17) is 6.42 Å². The van der Waals surface area contributed by atoms with Crippen LogP contribution in [0.15, 0.2) is 0 Å². The third kappa shape index (κ3) is 3.43. The van der Waals surface area contributed by atoms with Crippen LogP contribution in [0.1, 0.15) is 27.7 Å². The minimum Gasteiger partial charge on any atom is -0.343 e. The van der Waals surface area contributed by atoms with Gasteiger partial charge in [0.05, 0.1) is 6.04 Å². The van der Waals surface area contributed by atoms with Gasteiger partial charge in [0.15, 0.2) is 0 Å². The van der Waals surface area contributed by atoms with Crippen molar-refractivity contribution in [1.82, 2.24) is 5.32 Å². The highest BCUT2D eigenvalue weighted by molar-refractivity contribution is 5.79. The zero-order valence-electron chi connectivity index (χ0n) is 8.22. The summed E-state index contributed by atoms with van der Waals surface area (Å²) in [6.07, 6.45) is 5.13. The molecule has 0 aromatic heterocycles. The summed E-state index contributed by atoms with van der Waals surface area (Å²) in [5.41, 5.74) is 0. The first-order valence-electron chi connectivity index (χ1n) is 4.25. The van der Waals surface area contributed by atoms with E-state index in [2.05, 4.69) is 11.2 Å². The molecule has 2 heteroatoms. The molecule has 0 heterocycles. The largest absolute Gasteiger partial charge is 0.343 e. The van der Waals surface area contributed by atoms with Crippen LogP contribution in [-0.2, 0) is 4.79 Å². The van der Waals surface area contributed by atoms with Crippen LogP contribution < -0.4 is 5.32 Å². The average molecular weight is 167 g/mol. The number of rotatable bonds is 3. The van der Waals surface area contributed by atoms with Crippen LogP contribution in [0.25, 0.3) is 0 Å². The molecule has 12 heavy (non-hydrogen) atoms. The summed E-state index contributed by atoms with van der Waals surface area (Å²) in [7, 11) is 0. The highest BCUT2D eigenvalue weighted by Gasteiger charge is 2.16. The Labute approximate surface area is 74.7 Å². The van der Waals surface area contributed by atoms with Gasteiger partial charge in [-0.1, -0.05) is 26.7 Å². The minimum atomic E-state index is -0.168. The van der Waals surface area contributed by atoms with Crippen molar-refractivity contribution in [2.45, 2.75) is 33.7 Å². The van der Waals surface area contributed by atoms with Crippen LogP contribution in [-0.4, -0.2) is 11.9 Å². The molecular weight excluding hydrogens is 150 g/mol. The molecule has 0 spiro atoms. The van der Waals surface area contributed by atoms with Gasteiger partial charge in [0.1, 0.15) is 0 Å². The summed E-state index contributed by atoms with van der Waals surface area (Å²) < 4.78 is 0. The molecule has 2 nitrogen and oxygen atoms in total. The standard InChI is InChI=1S/C10H17NO/c1-6-8(4)11-10(12)9(5)7(2)3/h1,7-9H,2-5H3,(H,11,12). The van der Waals surface area contributed by atoms with Crippen LogP contribution in [0.5, 0.6) is 0 Å². The summed E-state index contributed by atoms with van der Waals surface area (Å²) in [6.45, 7) is 7.74. The summed E-state index contributed by atoms with van der Waals surface area (Å²) >= 11 is 0. The Morgan fingerprint density at radius 1 is 1.33 bits per heavy atom. The van der Waals surface area contributed by atoms with Crippen LogP contribution in [0.4, 0.5) is 0 Å². The van der Waals surface area contributed by atoms with Crippen LogP contribution in [0.2, 0.25) is 0 Å². The lowest BCUT2D eigenvalue weighted by molar-refractivity contribution is -0.125. The first kappa shape index (κ1) is 11.0. The number of carbonyl (C=O) groups excluding carboxylic acids is 1. The smallest absolute Gasteiger partial charge is 0.224 e. The van der Waals surface area contributed by atoms with Gasteiger partial charge >= 0.3 is 0 Å². The van der Waals surface area contributed by atoms with Crippen molar-refractivity contribution in [2.75, 3.05) is 0 Å². The zero-order valence-corrected chi connectivity index (χ0v) is 8.22. The Bertz CT molecular complexity index is 191. The Balaban J connectivity index is 3.98. The molecule has 0 bridgehead atoms. The van der Waals surface area contributed by atoms with Crippen molar-refractivity contribution in [2.24, 2.45) is 11.8 Å². The maximum absolute atomic E-state index is 11.3. The van der Waals surface area contributed by atoms with Gasteiger partial charge in [-0.3, -0.25) is 4.79 Å². The van der Waals surface area contributed by atoms with E-state index in [-0.39, 0.29) is 17.9 Å². The number of carbonyl (C=O) groups is 1. The fourth-order valence-electron chi connectivity index (χ4n) is 0.689. The molecule has 0 radical (unpaired) electrons. The van der Waals surface area contributed by atoms with Crippen molar-refractivity contribution < 1.29 is 4.79 Å². The van der Waals surface area contributed by atoms with E-state index < -0.39 is 0 Å². The fraction of sp³-hybridized carbons (Fsp3) is 0.700. The molecule has 68 valence electrons. The lowest BCUT2D eigenvalue weighted by Crippen LogP contribution is -2.37. The van der Waals surface area contributed by atoms with Crippen LogP contribution in [0.3, 0.4) is 0 Å². The highest BCUT2D eigenvalue weighted by Crippen LogP contribution is 2.09. The van der Waals surface area contributed by atoms with E-state index in [1.54, 1.807) is 6.92 Å². The van der Waals surface area contributed by atoms with E-state index in [9.17, 15) is 4.79 Å². The first-order valence-corrected chi connectivity index (χ1v) is 4.25. The molecule has 0 saturated carbocycles. The molecular formula is C10H17NO. The molecule has 2 unspecified atom stereocenters. The van der Waals surface area contributed by atoms with Crippen LogP contribution >= 0.6 is 0 Å². The molecule has 1 N–H and O–H groups in total. The summed E-state index contributed by atoms with van der Waals surface area (Å²) in [5, 5.41) is 2.74. The number of hydrogen-bond donors (Lipinski definition) is 1. The fourth-order valence-corrected chi connectivity index (χ4v) is 0.689. The Kier molecular flexibility index (Phi) is 4.43. The molecule has 0 fully saturated rings. The lowest BCUT2D eigenvalue weighted by Gasteiger charge is -2.16. The predicted octanol–water partition coefficient (Wildman–Crippen LogP) is 1.42. The summed E-state index contributed by atoms with van der Waals surface area (Å²) in [5.74, 6) is 2.88. The molecule has 0 aromatic rings. The number of hydrogen-bond acceptors (Lipinski definition) is 1. The third-order valence-electron chi connectivity index (χ3n) is 2.02. The van der Waals surface area contributed by atoms with E-state index in [1.165, 1.54) is 0 Å². The van der Waals surface area contributed by atoms with Crippen molar-refractivity contribution in [1.29, 1.82) is 0 Å². The van der Waals surface area contributed by atoms with Gasteiger partial charge in [-0.25, -0.2) is 0 Å². The molecule has 0 saturated heterocycles. The minimum absolute atomic E-state index is 0.0285. The second kappa shape index (κ2) is 4.82. The normalized spacial score (nSPS) is 15.0. The molecule has 1 amide bonds. The quantitative estimate of drug-likeness (QED) is 0.633. The number of nitrogens with one attached hydrogen (secondary N) is 1. The maximum atomic E-state index is 11.3. The molecule has 0 aromatic carbocycles. The van der Waals surface area contributed by atoms with E-state index in [1.807, 2.05) is 20.8 Å². The van der Waals surface area contributed by atoms with Gasteiger partial charge in [0.2, 0.25) is 5.91 Å². The Hall–Kier alpha value is -0.970. The molecule has 2 atom stereocenters. The van der Waals surface area contributed by atoms with Gasteiger partial charge in [-0.05, 0) is 12.8 Å². The predicted molar refractivity (Wildman–Crippen MR) is 50.4 cm³/mol. The topological polar surface area (TPSA) is 29.1 Å². The second-order valence-electron chi connectivity index (χ2n) is 3.43. The lowest BCUT2D eigenvalue weighted by atomic mass is 9.97. The third-order valence-corrected chi connectivity index (χ3v) is 2.02. The Morgan fingerprint density at radius 2 is 1.83 bits per heavy atom. The van der Waals surface area contributed by atoms with Crippen molar-refractivity contribution in [3.8, 4) is 12.3 Å². The van der Waals surface area contributed by atoms with Crippen molar-refractivity contribution in [3.05, 3.63) is 0 Å². The van der Waals surface area contributed by atoms with Crippen molar-refractivity contribution >= 4 is 5.91 Å². The van der Waals surface area contributed by atoms with Gasteiger partial charge in [-0.2, -0.15) is 0 Å². The van der Waals surface area contributed by atoms with E-state index in [0.29, 0.717) is 5.92 Å². The second-order valence-corrected chi connectivity index (χ2v) is 3.43. The van der Waals surface area contributed by atoms with Crippen LogP contribution in [0, 0.1) is 24.2 Å². The molecule has 0 aliphatic heterocycles. The maximum Gasteiger partial charge on any atom is 0.224 e. The average Bonchev–Trinajstić information content (AvgIpc) is 2.02. The first-order chi connectivity index (χ1) is 5.49. The van der Waals surface area contributed by atoms with Gasteiger partial charge in [0, 0.05) is 5.92 Å². The van der Waals surface area contributed by atoms with E-state index in [0.717, 1.165) is 0 Å². The monoisotopic (exact) mass is 167 g/mol.